The van der Waals surface area contributed by atoms with Gasteiger partial charge in [0, 0.05) is 12.5 Å². The van der Waals surface area contributed by atoms with Crippen molar-refractivity contribution >= 4 is 0 Å². The second-order valence-electron chi connectivity index (χ2n) is 3.29. The van der Waals surface area contributed by atoms with Crippen molar-refractivity contribution < 1.29 is 10.2 Å². The standard InChI is InChI=1S/C11H16O2/c1-3-9-5-4-6-10(11(9)13)8(2)7-12/h4-6,8,12-13H,3,7H2,1-2H3. The van der Waals surface area contributed by atoms with Gasteiger partial charge in [0.1, 0.15) is 5.75 Å². The van der Waals surface area contributed by atoms with E-state index in [-0.39, 0.29) is 12.5 Å². The largest absolute Gasteiger partial charge is 0.507 e. The Morgan fingerprint density at radius 3 is 2.62 bits per heavy atom. The van der Waals surface area contributed by atoms with Crippen LogP contribution in [-0.2, 0) is 6.42 Å². The van der Waals surface area contributed by atoms with Crippen molar-refractivity contribution in [2.45, 2.75) is 26.2 Å². The summed E-state index contributed by atoms with van der Waals surface area (Å²) in [7, 11) is 0. The highest BCUT2D eigenvalue weighted by molar-refractivity contribution is 5.42. The molecule has 1 aromatic carbocycles. The monoisotopic (exact) mass is 180 g/mol. The number of aliphatic hydroxyl groups excluding tert-OH is 1. The lowest BCUT2D eigenvalue weighted by molar-refractivity contribution is 0.270. The van der Waals surface area contributed by atoms with Crippen LogP contribution in [0, 0.1) is 0 Å². The predicted octanol–water partition coefficient (Wildman–Crippen LogP) is 2.05. The van der Waals surface area contributed by atoms with Crippen LogP contribution in [0.25, 0.3) is 0 Å². The van der Waals surface area contributed by atoms with Crippen molar-refractivity contribution in [3.05, 3.63) is 29.3 Å². The molecule has 0 aromatic heterocycles. The molecule has 0 aliphatic rings. The number of phenols is 1. The fourth-order valence-electron chi connectivity index (χ4n) is 1.39. The summed E-state index contributed by atoms with van der Waals surface area (Å²) >= 11 is 0. The molecular weight excluding hydrogens is 164 g/mol. The first-order chi connectivity index (χ1) is 6.20. The molecule has 0 radical (unpaired) electrons. The van der Waals surface area contributed by atoms with Gasteiger partial charge in [0.25, 0.3) is 0 Å². The summed E-state index contributed by atoms with van der Waals surface area (Å²) in [4.78, 5) is 0. The third-order valence-electron chi connectivity index (χ3n) is 2.34. The van der Waals surface area contributed by atoms with Gasteiger partial charge in [0.05, 0.1) is 0 Å². The molecule has 0 heterocycles. The summed E-state index contributed by atoms with van der Waals surface area (Å²) < 4.78 is 0. The Labute approximate surface area is 78.8 Å². The molecule has 1 atom stereocenters. The average Bonchev–Trinajstić information content (AvgIpc) is 2.17. The van der Waals surface area contributed by atoms with Crippen molar-refractivity contribution in [2.75, 3.05) is 6.61 Å². The number of phenolic OH excluding ortho intramolecular Hbond substituents is 1. The highest BCUT2D eigenvalue weighted by Gasteiger charge is 2.10. The van der Waals surface area contributed by atoms with Gasteiger partial charge in [-0.2, -0.15) is 0 Å². The van der Waals surface area contributed by atoms with E-state index in [0.717, 1.165) is 17.5 Å². The second kappa shape index (κ2) is 4.28. The molecule has 72 valence electrons. The Balaban J connectivity index is 3.08. The van der Waals surface area contributed by atoms with Gasteiger partial charge in [-0.05, 0) is 17.5 Å². The lowest BCUT2D eigenvalue weighted by Gasteiger charge is -2.12. The van der Waals surface area contributed by atoms with Gasteiger partial charge in [0.2, 0.25) is 0 Å². The van der Waals surface area contributed by atoms with Gasteiger partial charge in [-0.1, -0.05) is 32.0 Å². The predicted molar refractivity (Wildman–Crippen MR) is 53.0 cm³/mol. The minimum absolute atomic E-state index is 0.00602. The molecule has 0 bridgehead atoms. The zero-order chi connectivity index (χ0) is 9.84. The highest BCUT2D eigenvalue weighted by atomic mass is 16.3. The summed E-state index contributed by atoms with van der Waals surface area (Å²) in [6.07, 6.45) is 0.817. The van der Waals surface area contributed by atoms with Gasteiger partial charge < -0.3 is 10.2 Å². The van der Waals surface area contributed by atoms with Crippen LogP contribution in [-0.4, -0.2) is 16.8 Å². The van der Waals surface area contributed by atoms with Crippen molar-refractivity contribution in [3.8, 4) is 5.75 Å². The molecular formula is C11H16O2. The summed E-state index contributed by atoms with van der Waals surface area (Å²) in [5, 5.41) is 18.7. The molecule has 2 N–H and O–H groups in total. The Bertz CT molecular complexity index is 281. The SMILES string of the molecule is CCc1cccc(C(C)CO)c1O. The Hall–Kier alpha value is -1.02. The molecule has 2 heteroatoms. The number of aryl methyl sites for hydroxylation is 1. The molecule has 13 heavy (non-hydrogen) atoms. The van der Waals surface area contributed by atoms with E-state index in [0.29, 0.717) is 5.75 Å². The quantitative estimate of drug-likeness (QED) is 0.747. The van der Waals surface area contributed by atoms with E-state index in [2.05, 4.69) is 0 Å². The van der Waals surface area contributed by atoms with Gasteiger partial charge in [0.15, 0.2) is 0 Å². The van der Waals surface area contributed by atoms with Gasteiger partial charge >= 0.3 is 0 Å². The maximum Gasteiger partial charge on any atom is 0.122 e. The van der Waals surface area contributed by atoms with Gasteiger partial charge in [-0.15, -0.1) is 0 Å². The first-order valence-electron chi connectivity index (χ1n) is 4.62. The second-order valence-corrected chi connectivity index (χ2v) is 3.29. The van der Waals surface area contributed by atoms with Crippen LogP contribution in [0.1, 0.15) is 30.9 Å². The van der Waals surface area contributed by atoms with E-state index >= 15 is 0 Å². The number of benzene rings is 1. The van der Waals surface area contributed by atoms with E-state index in [9.17, 15) is 5.11 Å². The zero-order valence-corrected chi connectivity index (χ0v) is 8.12. The van der Waals surface area contributed by atoms with Crippen LogP contribution in [0.15, 0.2) is 18.2 Å². The molecule has 0 aliphatic heterocycles. The maximum atomic E-state index is 9.78. The van der Waals surface area contributed by atoms with Gasteiger partial charge in [-0.3, -0.25) is 0 Å². The van der Waals surface area contributed by atoms with Crippen LogP contribution in [0.4, 0.5) is 0 Å². The van der Waals surface area contributed by atoms with E-state index in [1.165, 1.54) is 0 Å². The molecule has 1 rings (SSSR count). The number of para-hydroxylation sites is 1. The van der Waals surface area contributed by atoms with E-state index in [1.54, 1.807) is 0 Å². The first-order valence-corrected chi connectivity index (χ1v) is 4.62. The molecule has 0 saturated heterocycles. The number of hydrogen-bond donors (Lipinski definition) is 2. The van der Waals surface area contributed by atoms with E-state index < -0.39 is 0 Å². The molecule has 0 aliphatic carbocycles. The molecule has 1 aromatic rings. The van der Waals surface area contributed by atoms with Crippen molar-refractivity contribution in [2.24, 2.45) is 0 Å². The number of hydrogen-bond acceptors (Lipinski definition) is 2. The number of rotatable bonds is 3. The lowest BCUT2D eigenvalue weighted by atomic mass is 9.97. The lowest BCUT2D eigenvalue weighted by Crippen LogP contribution is -2.00. The fraction of sp³-hybridized carbons (Fsp3) is 0.455. The normalized spacial score (nSPS) is 12.8. The summed E-state index contributed by atoms with van der Waals surface area (Å²) in [6, 6.07) is 5.68. The van der Waals surface area contributed by atoms with Gasteiger partial charge in [-0.25, -0.2) is 0 Å². The molecule has 1 unspecified atom stereocenters. The minimum Gasteiger partial charge on any atom is -0.507 e. The van der Waals surface area contributed by atoms with Crippen molar-refractivity contribution in [1.29, 1.82) is 0 Å². The minimum atomic E-state index is 0.00602. The van der Waals surface area contributed by atoms with Crippen LogP contribution in [0.5, 0.6) is 5.75 Å². The topological polar surface area (TPSA) is 40.5 Å². The smallest absolute Gasteiger partial charge is 0.122 e. The summed E-state index contributed by atoms with van der Waals surface area (Å²) in [5.74, 6) is 0.345. The van der Waals surface area contributed by atoms with Crippen LogP contribution >= 0.6 is 0 Å². The molecule has 2 nitrogen and oxygen atoms in total. The van der Waals surface area contributed by atoms with Crippen LogP contribution < -0.4 is 0 Å². The first kappa shape index (κ1) is 10.1. The number of aliphatic hydroxyl groups is 1. The Morgan fingerprint density at radius 2 is 2.08 bits per heavy atom. The third kappa shape index (κ3) is 2.01. The van der Waals surface area contributed by atoms with Crippen molar-refractivity contribution in [3.63, 3.8) is 0 Å². The van der Waals surface area contributed by atoms with E-state index in [1.807, 2.05) is 32.0 Å². The Kier molecular flexibility index (Phi) is 3.32. The van der Waals surface area contributed by atoms with E-state index in [4.69, 9.17) is 5.11 Å². The zero-order valence-electron chi connectivity index (χ0n) is 8.12. The summed E-state index contributed by atoms with van der Waals surface area (Å²) in [6.45, 7) is 3.97. The molecule has 0 saturated carbocycles. The average molecular weight is 180 g/mol. The third-order valence-corrected chi connectivity index (χ3v) is 2.34. The fourth-order valence-corrected chi connectivity index (χ4v) is 1.39. The van der Waals surface area contributed by atoms with Crippen molar-refractivity contribution in [1.82, 2.24) is 0 Å². The maximum absolute atomic E-state index is 9.78. The molecule has 0 fully saturated rings. The van der Waals surface area contributed by atoms with Crippen LogP contribution in [0.3, 0.4) is 0 Å². The summed E-state index contributed by atoms with van der Waals surface area (Å²) in [5.41, 5.74) is 1.78. The number of aromatic hydroxyl groups is 1. The molecule has 0 amide bonds. The highest BCUT2D eigenvalue weighted by Crippen LogP contribution is 2.28. The molecule has 0 spiro atoms. The van der Waals surface area contributed by atoms with Crippen LogP contribution in [0.2, 0.25) is 0 Å². The Morgan fingerprint density at radius 1 is 1.38 bits per heavy atom.